The molecule has 0 aliphatic carbocycles. The van der Waals surface area contributed by atoms with Crippen LogP contribution in [0.4, 0.5) is 0 Å². The third kappa shape index (κ3) is 28.3. The number of hydrogen-bond acceptors (Lipinski definition) is 6. The number of rotatable bonds is 21. The molecular formula is C26H53NaO7S. The number of esters is 2. The van der Waals surface area contributed by atoms with E-state index in [9.17, 15) is 22.6 Å². The topological polar surface area (TPSA) is 107 Å². The van der Waals surface area contributed by atoms with Gasteiger partial charge in [-0.25, -0.2) is 0 Å². The maximum atomic E-state index is 12.0. The molecule has 0 saturated carbocycles. The average molecular weight is 533 g/mol. The van der Waals surface area contributed by atoms with Crippen LogP contribution in [0.15, 0.2) is 0 Å². The van der Waals surface area contributed by atoms with Gasteiger partial charge in [0.1, 0.15) is 0 Å². The van der Waals surface area contributed by atoms with Crippen molar-refractivity contribution in [1.82, 2.24) is 0 Å². The van der Waals surface area contributed by atoms with E-state index in [0.717, 1.165) is 57.8 Å². The predicted molar refractivity (Wildman–Crippen MR) is 146 cm³/mol. The second-order valence-electron chi connectivity index (χ2n) is 8.84. The molecule has 0 aliphatic heterocycles. The quantitative estimate of drug-likeness (QED) is 0.0791. The van der Waals surface area contributed by atoms with Gasteiger partial charge in [0.05, 0.1) is 19.6 Å². The molecule has 0 aliphatic rings. The van der Waals surface area contributed by atoms with Gasteiger partial charge in [-0.2, -0.15) is 8.42 Å². The Morgan fingerprint density at radius 3 is 1.37 bits per heavy atom. The number of carbonyl (C=O) groups excluding carboxylic acids is 2. The zero-order valence-electron chi connectivity index (χ0n) is 22.3. The molecule has 1 unspecified atom stereocenters. The molecule has 1 N–H and O–H groups in total. The second-order valence-corrected chi connectivity index (χ2v) is 10.4. The van der Waals surface area contributed by atoms with Gasteiger partial charge in [-0.15, -0.1) is 0 Å². The van der Waals surface area contributed by atoms with Crippen LogP contribution in [0.1, 0.15) is 137 Å². The predicted octanol–water partition coefficient (Wildman–Crippen LogP) is 6.38. The van der Waals surface area contributed by atoms with Crippen molar-refractivity contribution < 1.29 is 32.0 Å². The van der Waals surface area contributed by atoms with Crippen molar-refractivity contribution in [3.8, 4) is 0 Å². The summed E-state index contributed by atoms with van der Waals surface area (Å²) in [6.45, 7) is 8.97. The van der Waals surface area contributed by atoms with E-state index in [2.05, 4.69) is 27.7 Å². The molecule has 1 atom stereocenters. The molecule has 9 heteroatoms. The molecule has 35 heavy (non-hydrogen) atoms. The Labute approximate surface area is 237 Å². The molecule has 0 amide bonds. The van der Waals surface area contributed by atoms with Crippen molar-refractivity contribution in [2.24, 2.45) is 0 Å². The van der Waals surface area contributed by atoms with Crippen LogP contribution in [-0.4, -0.2) is 72.9 Å². The zero-order valence-corrected chi connectivity index (χ0v) is 23.1. The Bertz CT molecular complexity index is 578. The number of hydrogen-bond donors (Lipinski definition) is 1. The van der Waals surface area contributed by atoms with Crippen LogP contribution in [0.2, 0.25) is 0 Å². The van der Waals surface area contributed by atoms with E-state index in [1.54, 1.807) is 0 Å². The molecule has 0 rings (SSSR count). The second kappa shape index (κ2) is 28.4. The Balaban J connectivity index is -0.00000129. The molecule has 0 radical (unpaired) electrons. The van der Waals surface area contributed by atoms with E-state index in [-0.39, 0.29) is 42.8 Å². The van der Waals surface area contributed by atoms with Crippen molar-refractivity contribution >= 4 is 51.6 Å². The maximum absolute atomic E-state index is 12.0. The molecule has 0 heterocycles. The molecule has 0 aromatic heterocycles. The number of ether oxygens (including phenoxy) is 2. The summed E-state index contributed by atoms with van der Waals surface area (Å²) >= 11 is 0. The van der Waals surface area contributed by atoms with Crippen LogP contribution < -0.4 is 0 Å². The SMILES string of the molecule is CCCCCC.CCCCCCCCOC(=O)CC(C(=O)OCCCCCCCC)S(=O)(=O)O.[NaH]. The van der Waals surface area contributed by atoms with Crippen molar-refractivity contribution in [1.29, 1.82) is 0 Å². The van der Waals surface area contributed by atoms with Crippen molar-refractivity contribution in [3.63, 3.8) is 0 Å². The molecule has 0 aromatic rings. The molecule has 0 aromatic carbocycles. The fourth-order valence-corrected chi connectivity index (χ4v) is 3.89. The Kier molecular flexibility index (Phi) is 32.0. The van der Waals surface area contributed by atoms with E-state index in [1.807, 2.05) is 0 Å². The first-order valence-corrected chi connectivity index (χ1v) is 15.0. The molecule has 206 valence electrons. The van der Waals surface area contributed by atoms with Gasteiger partial charge in [0.15, 0.2) is 5.25 Å². The monoisotopic (exact) mass is 532 g/mol. The summed E-state index contributed by atoms with van der Waals surface area (Å²) in [4.78, 5) is 23.8. The first kappa shape index (κ1) is 39.4. The molecule has 0 fully saturated rings. The molecule has 0 spiro atoms. The zero-order chi connectivity index (χ0) is 26.1. The summed E-state index contributed by atoms with van der Waals surface area (Å²) in [5.41, 5.74) is 0. The van der Waals surface area contributed by atoms with Crippen LogP contribution in [0, 0.1) is 0 Å². The fourth-order valence-electron chi connectivity index (χ4n) is 3.24. The van der Waals surface area contributed by atoms with Gasteiger partial charge in [-0.05, 0) is 12.8 Å². The Morgan fingerprint density at radius 2 is 0.971 bits per heavy atom. The summed E-state index contributed by atoms with van der Waals surface area (Å²) < 4.78 is 42.0. The third-order valence-electron chi connectivity index (χ3n) is 5.43. The van der Waals surface area contributed by atoms with Crippen LogP contribution in [0.25, 0.3) is 0 Å². The normalized spacial score (nSPS) is 11.6. The number of carbonyl (C=O) groups is 2. The standard InChI is InChI=1S/C20H38O7S.C6H14.Na.H/c1-3-5-7-9-11-13-15-26-19(21)17-18(28(23,24)25)20(22)27-16-14-12-10-8-6-4-2;1-3-5-6-4-2;;/h18H,3-17H2,1-2H3,(H,23,24,25);3-6H2,1-2H3;;. The van der Waals surface area contributed by atoms with E-state index in [0.29, 0.717) is 12.8 Å². The first-order chi connectivity index (χ1) is 16.2. The van der Waals surface area contributed by atoms with Gasteiger partial charge >= 0.3 is 41.5 Å². The van der Waals surface area contributed by atoms with Gasteiger partial charge in [-0.3, -0.25) is 14.1 Å². The van der Waals surface area contributed by atoms with Crippen LogP contribution in [-0.2, 0) is 29.2 Å². The van der Waals surface area contributed by atoms with Gasteiger partial charge in [-0.1, -0.05) is 118 Å². The first-order valence-electron chi connectivity index (χ1n) is 13.5. The Hall–Kier alpha value is -0.150. The van der Waals surface area contributed by atoms with Gasteiger partial charge in [0, 0.05) is 0 Å². The van der Waals surface area contributed by atoms with E-state index in [1.165, 1.54) is 32.1 Å². The molecule has 0 saturated heterocycles. The molecule has 7 nitrogen and oxygen atoms in total. The molecule has 0 bridgehead atoms. The van der Waals surface area contributed by atoms with Crippen LogP contribution in [0.5, 0.6) is 0 Å². The fraction of sp³-hybridized carbons (Fsp3) is 0.923. The van der Waals surface area contributed by atoms with E-state index < -0.39 is 33.7 Å². The van der Waals surface area contributed by atoms with Gasteiger partial charge in [0.2, 0.25) is 0 Å². The average Bonchev–Trinajstić information content (AvgIpc) is 2.79. The van der Waals surface area contributed by atoms with Crippen LogP contribution in [0.3, 0.4) is 0 Å². The molecular weight excluding hydrogens is 479 g/mol. The minimum absolute atomic E-state index is 0. The summed E-state index contributed by atoms with van der Waals surface area (Å²) in [5.74, 6) is -1.93. The van der Waals surface area contributed by atoms with Gasteiger partial charge in [0.25, 0.3) is 10.1 Å². The number of unbranched alkanes of at least 4 members (excludes halogenated alkanes) is 13. The summed E-state index contributed by atoms with van der Waals surface area (Å²) in [6.07, 6.45) is 16.9. The summed E-state index contributed by atoms with van der Waals surface area (Å²) in [6, 6.07) is 0. The van der Waals surface area contributed by atoms with Crippen molar-refractivity contribution in [3.05, 3.63) is 0 Å². The van der Waals surface area contributed by atoms with Crippen LogP contribution >= 0.6 is 0 Å². The van der Waals surface area contributed by atoms with Gasteiger partial charge < -0.3 is 9.47 Å². The van der Waals surface area contributed by atoms with Crippen molar-refractivity contribution in [2.45, 2.75) is 142 Å². The third-order valence-corrected chi connectivity index (χ3v) is 6.51. The Morgan fingerprint density at radius 1 is 0.629 bits per heavy atom. The van der Waals surface area contributed by atoms with E-state index >= 15 is 0 Å². The summed E-state index contributed by atoms with van der Waals surface area (Å²) in [5, 5.41) is -1.93. The van der Waals surface area contributed by atoms with E-state index in [4.69, 9.17) is 9.47 Å². The minimum atomic E-state index is -4.73. The summed E-state index contributed by atoms with van der Waals surface area (Å²) in [7, 11) is -4.73. The van der Waals surface area contributed by atoms with Crippen molar-refractivity contribution in [2.75, 3.05) is 13.2 Å².